The lowest BCUT2D eigenvalue weighted by molar-refractivity contribution is -0.138. The van der Waals surface area contributed by atoms with Crippen LogP contribution in [0.2, 0.25) is 0 Å². The molecule has 0 N–H and O–H groups in total. The third-order valence-corrected chi connectivity index (χ3v) is 5.87. The fraction of sp³-hybridized carbons (Fsp3) is 0.346. The number of likely N-dealkylation sites (tertiary alicyclic amines) is 1. The van der Waals surface area contributed by atoms with Crippen LogP contribution >= 0.6 is 0 Å². The van der Waals surface area contributed by atoms with Gasteiger partial charge in [0.1, 0.15) is 5.84 Å². The zero-order chi connectivity index (χ0) is 22.7. The Bertz CT molecular complexity index is 1080. The second kappa shape index (κ2) is 9.39. The smallest absolute Gasteiger partial charge is 0.334 e. The number of amidine groups is 1. The second-order valence-electron chi connectivity index (χ2n) is 8.34. The molecule has 0 aliphatic carbocycles. The van der Waals surface area contributed by atoms with Crippen molar-refractivity contribution in [2.45, 2.75) is 26.2 Å². The molecule has 0 atom stereocenters. The SMILES string of the molecule is CCOC(=O)C1=Cc2cc(-c3ccc(C(=O)N4CCCC4)cc3)ccc2N=C(N(C)C)C1. The van der Waals surface area contributed by atoms with Crippen molar-refractivity contribution in [1.29, 1.82) is 0 Å². The van der Waals surface area contributed by atoms with Gasteiger partial charge in [-0.25, -0.2) is 9.79 Å². The molecule has 6 heteroatoms. The lowest BCUT2D eigenvalue weighted by Crippen LogP contribution is -2.27. The Labute approximate surface area is 189 Å². The van der Waals surface area contributed by atoms with E-state index in [1.807, 2.05) is 72.4 Å². The zero-order valence-corrected chi connectivity index (χ0v) is 18.9. The minimum absolute atomic E-state index is 0.101. The average molecular weight is 432 g/mol. The largest absolute Gasteiger partial charge is 0.463 e. The number of hydrogen-bond donors (Lipinski definition) is 0. The van der Waals surface area contributed by atoms with E-state index >= 15 is 0 Å². The summed E-state index contributed by atoms with van der Waals surface area (Å²) in [6, 6.07) is 13.8. The summed E-state index contributed by atoms with van der Waals surface area (Å²) in [7, 11) is 3.85. The first-order valence-electron chi connectivity index (χ1n) is 11.1. The highest BCUT2D eigenvalue weighted by Crippen LogP contribution is 2.32. The first kappa shape index (κ1) is 21.8. The number of carbonyl (C=O) groups is 2. The molecule has 1 saturated heterocycles. The van der Waals surface area contributed by atoms with Gasteiger partial charge in [-0.2, -0.15) is 0 Å². The van der Waals surface area contributed by atoms with Crippen LogP contribution in [0.15, 0.2) is 53.0 Å². The van der Waals surface area contributed by atoms with E-state index in [-0.39, 0.29) is 11.9 Å². The van der Waals surface area contributed by atoms with Gasteiger partial charge < -0.3 is 14.5 Å². The summed E-state index contributed by atoms with van der Waals surface area (Å²) < 4.78 is 5.26. The predicted octanol–water partition coefficient (Wildman–Crippen LogP) is 4.53. The molecule has 0 saturated carbocycles. The van der Waals surface area contributed by atoms with Crippen LogP contribution in [-0.4, -0.2) is 61.3 Å². The van der Waals surface area contributed by atoms with Crippen molar-refractivity contribution in [1.82, 2.24) is 9.80 Å². The maximum atomic E-state index is 12.6. The number of amides is 1. The van der Waals surface area contributed by atoms with Gasteiger partial charge in [0.15, 0.2) is 0 Å². The van der Waals surface area contributed by atoms with Gasteiger partial charge in [-0.15, -0.1) is 0 Å². The number of aliphatic imine (C=N–C) groups is 1. The lowest BCUT2D eigenvalue weighted by atomic mass is 9.99. The highest BCUT2D eigenvalue weighted by molar-refractivity contribution is 6.03. The van der Waals surface area contributed by atoms with Crippen LogP contribution in [0.25, 0.3) is 17.2 Å². The molecule has 0 unspecified atom stereocenters. The third kappa shape index (κ3) is 4.59. The third-order valence-electron chi connectivity index (χ3n) is 5.87. The van der Waals surface area contributed by atoms with E-state index in [1.54, 1.807) is 6.92 Å². The van der Waals surface area contributed by atoms with E-state index < -0.39 is 0 Å². The van der Waals surface area contributed by atoms with E-state index in [1.165, 1.54) is 0 Å². The Kier molecular flexibility index (Phi) is 6.40. The number of rotatable bonds is 4. The van der Waals surface area contributed by atoms with E-state index in [2.05, 4.69) is 0 Å². The first-order chi connectivity index (χ1) is 15.5. The van der Waals surface area contributed by atoms with Crippen molar-refractivity contribution in [3.63, 3.8) is 0 Å². The van der Waals surface area contributed by atoms with Gasteiger partial charge in [-0.05, 0) is 61.2 Å². The number of fused-ring (bicyclic) bond motifs is 1. The van der Waals surface area contributed by atoms with Crippen LogP contribution < -0.4 is 0 Å². The molecule has 0 aromatic heterocycles. The van der Waals surface area contributed by atoms with Gasteiger partial charge in [0, 0.05) is 50.3 Å². The van der Waals surface area contributed by atoms with Crippen molar-refractivity contribution >= 4 is 29.5 Å². The fourth-order valence-corrected chi connectivity index (χ4v) is 4.06. The quantitative estimate of drug-likeness (QED) is 0.667. The topological polar surface area (TPSA) is 62.2 Å². The highest BCUT2D eigenvalue weighted by atomic mass is 16.5. The molecule has 1 amide bonds. The van der Waals surface area contributed by atoms with Gasteiger partial charge >= 0.3 is 5.97 Å². The van der Waals surface area contributed by atoms with Crippen LogP contribution in [0, 0.1) is 0 Å². The van der Waals surface area contributed by atoms with Crippen molar-refractivity contribution in [2.75, 3.05) is 33.8 Å². The highest BCUT2D eigenvalue weighted by Gasteiger charge is 2.21. The summed E-state index contributed by atoms with van der Waals surface area (Å²) in [5.41, 5.74) is 5.01. The van der Waals surface area contributed by atoms with Crippen LogP contribution in [0.3, 0.4) is 0 Å². The molecule has 1 fully saturated rings. The molecule has 2 aliphatic rings. The summed E-state index contributed by atoms with van der Waals surface area (Å²) in [6.07, 6.45) is 4.46. The number of hydrogen-bond acceptors (Lipinski definition) is 5. The van der Waals surface area contributed by atoms with Crippen molar-refractivity contribution in [3.8, 4) is 11.1 Å². The maximum Gasteiger partial charge on any atom is 0.334 e. The number of carbonyl (C=O) groups excluding carboxylic acids is 2. The van der Waals surface area contributed by atoms with Gasteiger partial charge in [0.05, 0.1) is 12.3 Å². The molecule has 2 heterocycles. The molecule has 6 nitrogen and oxygen atoms in total. The standard InChI is InChI=1S/C26H29N3O3/c1-4-32-26(31)22-16-21-15-20(11-12-23(21)27-24(17-22)28(2)3)18-7-9-19(10-8-18)25(30)29-13-5-6-14-29/h7-12,15-16H,4-6,13-14,17H2,1-3H3. The molecule has 4 rings (SSSR count). The maximum absolute atomic E-state index is 12.6. The average Bonchev–Trinajstić information content (AvgIpc) is 3.26. The number of esters is 1. The van der Waals surface area contributed by atoms with Crippen LogP contribution in [0.4, 0.5) is 5.69 Å². The molecule has 0 bridgehead atoms. The second-order valence-corrected chi connectivity index (χ2v) is 8.34. The summed E-state index contributed by atoms with van der Waals surface area (Å²) >= 11 is 0. The Morgan fingerprint density at radius 3 is 2.38 bits per heavy atom. The molecule has 32 heavy (non-hydrogen) atoms. The monoisotopic (exact) mass is 431 g/mol. The normalized spacial score (nSPS) is 15.4. The minimum Gasteiger partial charge on any atom is -0.463 e. The van der Waals surface area contributed by atoms with Gasteiger partial charge in [-0.1, -0.05) is 18.2 Å². The molecule has 2 aromatic carbocycles. The van der Waals surface area contributed by atoms with E-state index in [9.17, 15) is 9.59 Å². The van der Waals surface area contributed by atoms with Crippen LogP contribution in [-0.2, 0) is 9.53 Å². The Morgan fingerprint density at radius 1 is 1.03 bits per heavy atom. The Morgan fingerprint density at radius 2 is 1.72 bits per heavy atom. The summed E-state index contributed by atoms with van der Waals surface area (Å²) in [4.78, 5) is 33.7. The van der Waals surface area contributed by atoms with Crippen molar-refractivity contribution in [3.05, 3.63) is 59.2 Å². The van der Waals surface area contributed by atoms with Crippen LogP contribution in [0.5, 0.6) is 0 Å². The van der Waals surface area contributed by atoms with Gasteiger partial charge in [0.25, 0.3) is 5.91 Å². The summed E-state index contributed by atoms with van der Waals surface area (Å²) in [5, 5.41) is 0. The number of ether oxygens (including phenoxy) is 1. The Hall–Kier alpha value is -3.41. The number of benzene rings is 2. The predicted molar refractivity (Wildman–Crippen MR) is 127 cm³/mol. The molecule has 0 spiro atoms. The first-order valence-corrected chi connectivity index (χ1v) is 11.1. The van der Waals surface area contributed by atoms with Crippen molar-refractivity contribution < 1.29 is 14.3 Å². The Balaban J connectivity index is 1.66. The molecule has 0 radical (unpaired) electrons. The van der Waals surface area contributed by atoms with Crippen molar-refractivity contribution in [2.24, 2.45) is 4.99 Å². The summed E-state index contributed by atoms with van der Waals surface area (Å²) in [6.45, 7) is 3.83. The number of nitrogens with zero attached hydrogens (tertiary/aromatic N) is 3. The zero-order valence-electron chi connectivity index (χ0n) is 18.9. The minimum atomic E-state index is -0.315. The van der Waals surface area contributed by atoms with Crippen LogP contribution in [0.1, 0.15) is 42.1 Å². The molecule has 166 valence electrons. The van der Waals surface area contributed by atoms with E-state index in [0.717, 1.165) is 59.7 Å². The summed E-state index contributed by atoms with van der Waals surface area (Å²) in [5.74, 6) is 0.592. The van der Waals surface area contributed by atoms with Gasteiger partial charge in [-0.3, -0.25) is 4.79 Å². The van der Waals surface area contributed by atoms with E-state index in [4.69, 9.17) is 9.73 Å². The fourth-order valence-electron chi connectivity index (χ4n) is 4.06. The molecule has 2 aromatic rings. The molecular weight excluding hydrogens is 402 g/mol. The van der Waals surface area contributed by atoms with E-state index in [0.29, 0.717) is 18.6 Å². The molecule has 2 aliphatic heterocycles. The molecular formula is C26H29N3O3. The van der Waals surface area contributed by atoms with Gasteiger partial charge in [0.2, 0.25) is 0 Å². The lowest BCUT2D eigenvalue weighted by Gasteiger charge is -2.15.